The lowest BCUT2D eigenvalue weighted by molar-refractivity contribution is -0.303. The molecule has 0 amide bonds. The van der Waals surface area contributed by atoms with Gasteiger partial charge in [-0.3, -0.25) is 0 Å². The van der Waals surface area contributed by atoms with E-state index >= 15 is 0 Å². The molecule has 0 N–H and O–H groups in total. The first-order valence-electron chi connectivity index (χ1n) is 2.67. The number of thioether (sulfide) groups is 1. The molecule has 0 unspecified atom stereocenters. The largest absolute Gasteiger partial charge is 0.389 e. The Kier molecular flexibility index (Phi) is 1.87. The van der Waals surface area contributed by atoms with Gasteiger partial charge in [0.25, 0.3) is 0 Å². The van der Waals surface area contributed by atoms with Crippen molar-refractivity contribution in [2.45, 2.75) is 22.4 Å². The Morgan fingerprint density at radius 3 is 0.846 bits per heavy atom. The number of halogens is 8. The van der Waals surface area contributed by atoms with E-state index in [0.29, 0.717) is 0 Å². The van der Waals surface area contributed by atoms with Crippen LogP contribution in [0.25, 0.3) is 0 Å². The first-order valence-corrected chi connectivity index (χ1v) is 3.49. The SMILES string of the molecule is FC1(F)SC(F)(F)C(F)(F)C1(F)F. The molecule has 0 radical (unpaired) electrons. The summed E-state index contributed by atoms with van der Waals surface area (Å²) in [4.78, 5) is 0. The molecule has 1 fully saturated rings. The van der Waals surface area contributed by atoms with E-state index in [4.69, 9.17) is 0 Å². The van der Waals surface area contributed by atoms with Crippen molar-refractivity contribution < 1.29 is 35.1 Å². The predicted octanol–water partition coefficient (Wildman–Crippen LogP) is 3.19. The number of hydrogen-bond donors (Lipinski definition) is 0. The summed E-state index contributed by atoms with van der Waals surface area (Å²) in [5, 5.41) is -10.9. The molecule has 0 aromatic carbocycles. The lowest BCUT2D eigenvalue weighted by Gasteiger charge is -2.22. The molecule has 0 bridgehead atoms. The number of alkyl halides is 8. The molecule has 1 saturated heterocycles. The summed E-state index contributed by atoms with van der Waals surface area (Å²) in [5.41, 5.74) is 0. The summed E-state index contributed by atoms with van der Waals surface area (Å²) in [6, 6.07) is 0. The minimum Gasteiger partial charge on any atom is -0.191 e. The van der Waals surface area contributed by atoms with Crippen molar-refractivity contribution >= 4 is 11.8 Å². The van der Waals surface area contributed by atoms with Gasteiger partial charge in [0.05, 0.1) is 0 Å². The Balaban J connectivity index is 3.24. The van der Waals surface area contributed by atoms with Crippen LogP contribution in [0.5, 0.6) is 0 Å². The van der Waals surface area contributed by atoms with E-state index < -0.39 is 34.1 Å². The van der Waals surface area contributed by atoms with Crippen LogP contribution in [-0.4, -0.2) is 22.4 Å². The predicted molar refractivity (Wildman–Crippen MR) is 27.4 cm³/mol. The quantitative estimate of drug-likeness (QED) is 0.578. The second-order valence-corrected chi connectivity index (χ2v) is 3.51. The maximum absolute atomic E-state index is 12.0. The smallest absolute Gasteiger partial charge is 0.191 e. The normalized spacial score (nSPS) is 33.2. The molecule has 1 rings (SSSR count). The highest BCUT2D eigenvalue weighted by Gasteiger charge is 2.89. The van der Waals surface area contributed by atoms with Gasteiger partial charge in [-0.05, 0) is 11.8 Å². The van der Waals surface area contributed by atoms with E-state index in [1.165, 1.54) is 0 Å². The van der Waals surface area contributed by atoms with Crippen molar-refractivity contribution in [1.29, 1.82) is 0 Å². The van der Waals surface area contributed by atoms with Gasteiger partial charge in [-0.15, -0.1) is 0 Å². The van der Waals surface area contributed by atoms with E-state index in [1.54, 1.807) is 0 Å². The fraction of sp³-hybridized carbons (Fsp3) is 1.00. The van der Waals surface area contributed by atoms with Gasteiger partial charge in [-0.1, -0.05) is 0 Å². The summed E-state index contributed by atoms with van der Waals surface area (Å²) in [5.74, 6) is -12.1. The average molecular weight is 232 g/mol. The molecule has 0 nitrogen and oxygen atoms in total. The van der Waals surface area contributed by atoms with Gasteiger partial charge in [0.2, 0.25) is 0 Å². The van der Waals surface area contributed by atoms with E-state index in [9.17, 15) is 35.1 Å². The van der Waals surface area contributed by atoms with Crippen LogP contribution in [0.2, 0.25) is 0 Å². The van der Waals surface area contributed by atoms with Crippen LogP contribution in [0.4, 0.5) is 35.1 Å². The molecule has 0 aliphatic carbocycles. The van der Waals surface area contributed by atoms with Crippen LogP contribution < -0.4 is 0 Å². The summed E-state index contributed by atoms with van der Waals surface area (Å²) in [6.07, 6.45) is 0. The minimum absolute atomic E-state index is 2.03. The van der Waals surface area contributed by atoms with Crippen molar-refractivity contribution in [2.75, 3.05) is 0 Å². The van der Waals surface area contributed by atoms with Crippen LogP contribution in [-0.2, 0) is 0 Å². The summed E-state index contributed by atoms with van der Waals surface area (Å²) >= 11 is -2.03. The van der Waals surface area contributed by atoms with E-state index in [0.717, 1.165) is 0 Å². The summed E-state index contributed by atoms with van der Waals surface area (Å²) in [7, 11) is 0. The third-order valence-corrected chi connectivity index (χ3v) is 2.41. The fourth-order valence-corrected chi connectivity index (χ4v) is 1.49. The minimum atomic E-state index is -6.03. The van der Waals surface area contributed by atoms with Gasteiger partial charge in [-0.25, -0.2) is 0 Å². The molecule has 1 aliphatic rings. The van der Waals surface area contributed by atoms with Crippen LogP contribution in [0, 0.1) is 0 Å². The number of hydrogen-bond acceptors (Lipinski definition) is 1. The Bertz CT molecular complexity index is 208. The molecule has 0 aromatic rings. The van der Waals surface area contributed by atoms with Gasteiger partial charge in [0.15, 0.2) is 0 Å². The van der Waals surface area contributed by atoms with Crippen LogP contribution in [0.3, 0.4) is 0 Å². The second kappa shape index (κ2) is 2.23. The highest BCUT2D eigenvalue weighted by atomic mass is 32.2. The highest BCUT2D eigenvalue weighted by Crippen LogP contribution is 2.68. The van der Waals surface area contributed by atoms with E-state index in [-0.39, 0.29) is 0 Å². The molecule has 1 aliphatic heterocycles. The zero-order valence-electron chi connectivity index (χ0n) is 5.43. The van der Waals surface area contributed by atoms with Gasteiger partial charge in [-0.2, -0.15) is 35.1 Å². The molecule has 0 saturated carbocycles. The van der Waals surface area contributed by atoms with Gasteiger partial charge in [0.1, 0.15) is 0 Å². The Morgan fingerprint density at radius 1 is 0.538 bits per heavy atom. The van der Waals surface area contributed by atoms with Crippen LogP contribution in [0.1, 0.15) is 0 Å². The monoisotopic (exact) mass is 232 g/mol. The Morgan fingerprint density at radius 2 is 0.769 bits per heavy atom. The second-order valence-electron chi connectivity index (χ2n) is 2.28. The van der Waals surface area contributed by atoms with Gasteiger partial charge < -0.3 is 0 Å². The lowest BCUT2D eigenvalue weighted by atomic mass is 10.2. The van der Waals surface area contributed by atoms with Crippen molar-refractivity contribution in [1.82, 2.24) is 0 Å². The fourth-order valence-electron chi connectivity index (χ4n) is 0.655. The molecule has 0 spiro atoms. The molecule has 78 valence electrons. The molecule has 13 heavy (non-hydrogen) atoms. The maximum Gasteiger partial charge on any atom is 0.389 e. The van der Waals surface area contributed by atoms with Gasteiger partial charge in [0, 0.05) is 0 Å². The third-order valence-electron chi connectivity index (χ3n) is 1.38. The average Bonchev–Trinajstić information content (AvgIpc) is 1.88. The zero-order valence-corrected chi connectivity index (χ0v) is 6.25. The van der Waals surface area contributed by atoms with Crippen LogP contribution >= 0.6 is 11.8 Å². The van der Waals surface area contributed by atoms with Gasteiger partial charge >= 0.3 is 22.4 Å². The van der Waals surface area contributed by atoms with Crippen molar-refractivity contribution in [3.63, 3.8) is 0 Å². The van der Waals surface area contributed by atoms with E-state index in [1.807, 2.05) is 0 Å². The molecular formula is C4F8S. The zero-order chi connectivity index (χ0) is 10.7. The standard InChI is InChI=1S/C4F8S/c5-1(6)2(7,8)4(11,12)13-3(1,9)10. The lowest BCUT2D eigenvalue weighted by Crippen LogP contribution is -2.51. The number of rotatable bonds is 0. The summed E-state index contributed by atoms with van der Waals surface area (Å²) in [6.45, 7) is 0. The van der Waals surface area contributed by atoms with Crippen molar-refractivity contribution in [2.24, 2.45) is 0 Å². The van der Waals surface area contributed by atoms with Crippen molar-refractivity contribution in [3.05, 3.63) is 0 Å². The highest BCUT2D eigenvalue weighted by molar-refractivity contribution is 8.01. The third kappa shape index (κ3) is 1.05. The Hall–Kier alpha value is -0.210. The topological polar surface area (TPSA) is 0 Å². The first-order chi connectivity index (χ1) is 5.46. The molecular weight excluding hydrogens is 232 g/mol. The summed E-state index contributed by atoms with van der Waals surface area (Å²) < 4.78 is 95.8. The van der Waals surface area contributed by atoms with E-state index in [2.05, 4.69) is 0 Å². The maximum atomic E-state index is 12.0. The van der Waals surface area contributed by atoms with Crippen LogP contribution in [0.15, 0.2) is 0 Å². The Labute approximate surface area is 70.3 Å². The van der Waals surface area contributed by atoms with Crippen molar-refractivity contribution in [3.8, 4) is 0 Å². The molecule has 1 heterocycles. The molecule has 9 heteroatoms. The molecule has 0 aromatic heterocycles. The first kappa shape index (κ1) is 10.9. The molecule has 0 atom stereocenters.